The van der Waals surface area contributed by atoms with E-state index in [4.69, 9.17) is 4.74 Å². The second-order valence-electron chi connectivity index (χ2n) is 6.24. The average Bonchev–Trinajstić information content (AvgIpc) is 2.43. The van der Waals surface area contributed by atoms with E-state index in [-0.39, 0.29) is 11.8 Å². The smallest absolute Gasteiger partial charge is 0.407 e. The summed E-state index contributed by atoms with van der Waals surface area (Å²) in [5.74, 6) is 0.149. The zero-order valence-corrected chi connectivity index (χ0v) is 12.2. The van der Waals surface area contributed by atoms with Crippen LogP contribution in [-0.4, -0.2) is 23.5 Å². The molecule has 0 saturated heterocycles. The fraction of sp³-hybridized carbons (Fsp3) is 0.500. The molecule has 1 aromatic rings. The van der Waals surface area contributed by atoms with Crippen LogP contribution in [0.3, 0.4) is 0 Å². The van der Waals surface area contributed by atoms with Crippen LogP contribution in [0.2, 0.25) is 0 Å². The monoisotopic (exact) mass is 275 g/mol. The van der Waals surface area contributed by atoms with Gasteiger partial charge in [-0.25, -0.2) is 4.79 Å². The van der Waals surface area contributed by atoms with Gasteiger partial charge >= 0.3 is 6.09 Å². The molecule has 20 heavy (non-hydrogen) atoms. The predicted octanol–water partition coefficient (Wildman–Crippen LogP) is 2.64. The van der Waals surface area contributed by atoms with Crippen LogP contribution in [0.5, 0.6) is 0 Å². The molecule has 0 radical (unpaired) electrons. The largest absolute Gasteiger partial charge is 0.444 e. The van der Waals surface area contributed by atoms with Gasteiger partial charge in [-0.05, 0) is 38.3 Å². The maximum atomic E-state index is 11.9. The number of fused-ring (bicyclic) bond motifs is 1. The number of ketones is 1. The molecule has 1 atom stereocenters. The molecule has 108 valence electrons. The average molecular weight is 275 g/mol. The Morgan fingerprint density at radius 2 is 1.85 bits per heavy atom. The zero-order valence-electron chi connectivity index (χ0n) is 12.2. The highest BCUT2D eigenvalue weighted by Crippen LogP contribution is 2.19. The lowest BCUT2D eigenvalue weighted by Gasteiger charge is -2.22. The minimum Gasteiger partial charge on any atom is -0.444 e. The summed E-state index contributed by atoms with van der Waals surface area (Å²) in [6.45, 7) is 5.46. The van der Waals surface area contributed by atoms with E-state index in [1.165, 1.54) is 0 Å². The molecule has 0 fully saturated rings. The number of hydrogen-bond donors (Lipinski definition) is 1. The number of amides is 1. The second-order valence-corrected chi connectivity index (χ2v) is 6.24. The SMILES string of the molecule is CC(C)(C)OC(=O)NC1CC(=O)Cc2ccccc2C1. The summed E-state index contributed by atoms with van der Waals surface area (Å²) in [6, 6.07) is 7.69. The van der Waals surface area contributed by atoms with Crippen molar-refractivity contribution in [1.82, 2.24) is 5.32 Å². The first-order chi connectivity index (χ1) is 9.33. The third-order valence-electron chi connectivity index (χ3n) is 3.17. The standard InChI is InChI=1S/C16H21NO3/c1-16(2,3)20-15(19)17-13-8-11-6-4-5-7-12(11)9-14(18)10-13/h4-7,13H,8-10H2,1-3H3,(H,17,19). The van der Waals surface area contributed by atoms with E-state index in [1.54, 1.807) is 0 Å². The van der Waals surface area contributed by atoms with Crippen molar-refractivity contribution < 1.29 is 14.3 Å². The van der Waals surface area contributed by atoms with E-state index in [0.29, 0.717) is 19.3 Å². The molecule has 1 aliphatic rings. The van der Waals surface area contributed by atoms with Crippen LogP contribution in [-0.2, 0) is 22.4 Å². The molecule has 0 bridgehead atoms. The van der Waals surface area contributed by atoms with Crippen LogP contribution >= 0.6 is 0 Å². The number of ether oxygens (including phenoxy) is 1. The quantitative estimate of drug-likeness (QED) is 0.802. The highest BCUT2D eigenvalue weighted by atomic mass is 16.6. The van der Waals surface area contributed by atoms with Gasteiger partial charge in [0.15, 0.2) is 0 Å². The minimum absolute atomic E-state index is 0.149. The molecular formula is C16H21NO3. The van der Waals surface area contributed by atoms with Gasteiger partial charge in [0.1, 0.15) is 11.4 Å². The zero-order chi connectivity index (χ0) is 14.8. The number of benzene rings is 1. The van der Waals surface area contributed by atoms with Crippen LogP contribution in [0.4, 0.5) is 4.79 Å². The second kappa shape index (κ2) is 5.65. The Hall–Kier alpha value is -1.84. The third kappa shape index (κ3) is 4.08. The lowest BCUT2D eigenvalue weighted by atomic mass is 10.0. The molecule has 4 heteroatoms. The van der Waals surface area contributed by atoms with Gasteiger partial charge < -0.3 is 10.1 Å². The Balaban J connectivity index is 2.06. The Morgan fingerprint density at radius 3 is 2.50 bits per heavy atom. The highest BCUT2D eigenvalue weighted by molar-refractivity contribution is 5.83. The molecule has 1 unspecified atom stereocenters. The maximum Gasteiger partial charge on any atom is 0.407 e. The molecule has 1 N–H and O–H groups in total. The first kappa shape index (κ1) is 14.6. The molecule has 4 nitrogen and oxygen atoms in total. The van der Waals surface area contributed by atoms with Crippen molar-refractivity contribution in [2.75, 3.05) is 0 Å². The van der Waals surface area contributed by atoms with Crippen LogP contribution in [0.15, 0.2) is 24.3 Å². The van der Waals surface area contributed by atoms with E-state index in [0.717, 1.165) is 11.1 Å². The number of Topliss-reactive ketones (excluding diaryl/α,β-unsaturated/α-hetero) is 1. The summed E-state index contributed by atoms with van der Waals surface area (Å²) in [6.07, 6.45) is 1.01. The fourth-order valence-corrected chi connectivity index (χ4v) is 2.40. The van der Waals surface area contributed by atoms with E-state index >= 15 is 0 Å². The van der Waals surface area contributed by atoms with Crippen LogP contribution < -0.4 is 5.32 Å². The van der Waals surface area contributed by atoms with Crippen LogP contribution in [0.1, 0.15) is 38.3 Å². The van der Waals surface area contributed by atoms with Crippen molar-refractivity contribution in [3.63, 3.8) is 0 Å². The predicted molar refractivity (Wildman–Crippen MR) is 76.6 cm³/mol. The van der Waals surface area contributed by atoms with E-state index in [9.17, 15) is 9.59 Å². The Morgan fingerprint density at radius 1 is 1.20 bits per heavy atom. The number of rotatable bonds is 1. The molecule has 2 rings (SSSR count). The fourth-order valence-electron chi connectivity index (χ4n) is 2.40. The van der Waals surface area contributed by atoms with Gasteiger partial charge in [-0.3, -0.25) is 4.79 Å². The number of alkyl carbamates (subject to hydrolysis) is 1. The summed E-state index contributed by atoms with van der Waals surface area (Å²) < 4.78 is 5.24. The summed E-state index contributed by atoms with van der Waals surface area (Å²) in [7, 11) is 0. The minimum atomic E-state index is -0.531. The molecule has 0 aliphatic heterocycles. The van der Waals surface area contributed by atoms with Gasteiger partial charge in [-0.15, -0.1) is 0 Å². The first-order valence-corrected chi connectivity index (χ1v) is 6.91. The van der Waals surface area contributed by atoms with Crippen molar-refractivity contribution in [3.05, 3.63) is 35.4 Å². The highest BCUT2D eigenvalue weighted by Gasteiger charge is 2.25. The number of nitrogens with one attached hydrogen (secondary N) is 1. The lowest BCUT2D eigenvalue weighted by Crippen LogP contribution is -2.40. The molecule has 0 aromatic heterocycles. The number of hydrogen-bond acceptors (Lipinski definition) is 3. The van der Waals surface area contributed by atoms with E-state index in [2.05, 4.69) is 5.32 Å². The molecule has 1 amide bonds. The van der Waals surface area contributed by atoms with Gasteiger partial charge in [0.25, 0.3) is 0 Å². The molecular weight excluding hydrogens is 254 g/mol. The Kier molecular flexibility index (Phi) is 4.12. The van der Waals surface area contributed by atoms with Gasteiger partial charge in [-0.1, -0.05) is 24.3 Å². The van der Waals surface area contributed by atoms with Crippen molar-refractivity contribution in [2.24, 2.45) is 0 Å². The van der Waals surface area contributed by atoms with Crippen LogP contribution in [0.25, 0.3) is 0 Å². The molecule has 1 aliphatic carbocycles. The van der Waals surface area contributed by atoms with Gasteiger partial charge in [0, 0.05) is 18.9 Å². The van der Waals surface area contributed by atoms with Gasteiger partial charge in [-0.2, -0.15) is 0 Å². The number of carbonyl (C=O) groups excluding carboxylic acids is 2. The van der Waals surface area contributed by atoms with Crippen molar-refractivity contribution in [1.29, 1.82) is 0 Å². The summed E-state index contributed by atoms with van der Waals surface area (Å²) in [5, 5.41) is 2.80. The Labute approximate surface area is 119 Å². The van der Waals surface area contributed by atoms with Crippen molar-refractivity contribution in [2.45, 2.75) is 51.7 Å². The summed E-state index contributed by atoms with van der Waals surface area (Å²) in [4.78, 5) is 23.7. The van der Waals surface area contributed by atoms with Gasteiger partial charge in [0.2, 0.25) is 0 Å². The van der Waals surface area contributed by atoms with Crippen molar-refractivity contribution >= 4 is 11.9 Å². The van der Waals surface area contributed by atoms with Crippen molar-refractivity contribution in [3.8, 4) is 0 Å². The molecule has 0 heterocycles. The lowest BCUT2D eigenvalue weighted by molar-refractivity contribution is -0.118. The molecule has 1 aromatic carbocycles. The Bertz CT molecular complexity index is 517. The summed E-state index contributed by atoms with van der Waals surface area (Å²) >= 11 is 0. The molecule has 0 spiro atoms. The van der Waals surface area contributed by atoms with E-state index in [1.807, 2.05) is 45.0 Å². The van der Waals surface area contributed by atoms with Crippen LogP contribution in [0, 0.1) is 0 Å². The first-order valence-electron chi connectivity index (χ1n) is 6.91. The third-order valence-corrected chi connectivity index (χ3v) is 3.17. The summed E-state index contributed by atoms with van der Waals surface area (Å²) in [5.41, 5.74) is 1.65. The normalized spacial score (nSPS) is 18.9. The van der Waals surface area contributed by atoms with Gasteiger partial charge in [0.05, 0.1) is 0 Å². The number of carbonyl (C=O) groups is 2. The topological polar surface area (TPSA) is 55.4 Å². The molecule has 0 saturated carbocycles. The van der Waals surface area contributed by atoms with E-state index < -0.39 is 11.7 Å². The maximum absolute atomic E-state index is 11.9.